The van der Waals surface area contributed by atoms with Crippen LogP contribution >= 0.6 is 0 Å². The first-order valence-electron chi connectivity index (χ1n) is 9.53. The summed E-state index contributed by atoms with van der Waals surface area (Å²) < 4.78 is 19.1. The van der Waals surface area contributed by atoms with Gasteiger partial charge in [-0.05, 0) is 57.4 Å². The summed E-state index contributed by atoms with van der Waals surface area (Å²) in [6.45, 7) is 1.04. The van der Waals surface area contributed by atoms with E-state index in [1.165, 1.54) is 24.1 Å². The second-order valence-corrected chi connectivity index (χ2v) is 7.25. The minimum atomic E-state index is -0.849. The van der Waals surface area contributed by atoms with Crippen molar-refractivity contribution in [3.05, 3.63) is 65.2 Å². The van der Waals surface area contributed by atoms with Crippen molar-refractivity contribution in [1.82, 2.24) is 14.8 Å². The summed E-state index contributed by atoms with van der Waals surface area (Å²) in [5.41, 5.74) is 0.436. The maximum Gasteiger partial charge on any atom is 0.295 e. The number of nitrogens with zero attached hydrogens (tertiary/aromatic N) is 3. The van der Waals surface area contributed by atoms with Crippen LogP contribution in [0.3, 0.4) is 0 Å². The predicted molar refractivity (Wildman–Crippen MR) is 109 cm³/mol. The lowest BCUT2D eigenvalue weighted by Crippen LogP contribution is -2.32. The summed E-state index contributed by atoms with van der Waals surface area (Å²) in [6.07, 6.45) is 2.20. The van der Waals surface area contributed by atoms with E-state index in [-0.39, 0.29) is 16.9 Å². The molecule has 0 bridgehead atoms. The third-order valence-corrected chi connectivity index (χ3v) is 4.94. The average Bonchev–Trinajstić information content (AvgIpc) is 2.98. The largest absolute Gasteiger partial charge is 0.507 e. The summed E-state index contributed by atoms with van der Waals surface area (Å²) >= 11 is 0. The number of amides is 1. The quantitative estimate of drug-likeness (QED) is 0.427. The highest BCUT2D eigenvalue weighted by molar-refractivity contribution is 6.46. The third kappa shape index (κ3) is 4.18. The molecule has 1 aliphatic heterocycles. The number of halogens is 1. The van der Waals surface area contributed by atoms with Crippen LogP contribution in [0, 0.1) is 5.82 Å². The first-order valence-corrected chi connectivity index (χ1v) is 9.53. The normalized spacial score (nSPS) is 18.3. The molecule has 1 amide bonds. The van der Waals surface area contributed by atoms with Crippen LogP contribution < -0.4 is 4.74 Å². The van der Waals surface area contributed by atoms with Gasteiger partial charge in [0.05, 0.1) is 18.4 Å². The minimum absolute atomic E-state index is 0.0111. The van der Waals surface area contributed by atoms with Gasteiger partial charge in [-0.3, -0.25) is 14.6 Å². The first kappa shape index (κ1) is 21.4. The number of carbonyl (C=O) groups excluding carboxylic acids is 2. The summed E-state index contributed by atoms with van der Waals surface area (Å²) in [5, 5.41) is 10.9. The smallest absolute Gasteiger partial charge is 0.295 e. The molecule has 1 atom stereocenters. The Balaban J connectivity index is 2.08. The highest BCUT2D eigenvalue weighted by Crippen LogP contribution is 2.39. The molecular weight excluding hydrogens is 389 g/mol. The van der Waals surface area contributed by atoms with Crippen LogP contribution in [0.4, 0.5) is 4.39 Å². The van der Waals surface area contributed by atoms with Gasteiger partial charge in [-0.25, -0.2) is 4.39 Å². The lowest BCUT2D eigenvalue weighted by molar-refractivity contribution is -0.140. The number of ether oxygens (including phenoxy) is 1. The number of methoxy groups -OCH3 is 1. The number of rotatable bonds is 7. The topological polar surface area (TPSA) is 83.0 Å². The van der Waals surface area contributed by atoms with Crippen molar-refractivity contribution in [1.29, 1.82) is 0 Å². The number of hydrogen-bond acceptors (Lipinski definition) is 6. The Hall–Kier alpha value is -3.26. The Labute approximate surface area is 174 Å². The second kappa shape index (κ2) is 9.04. The highest BCUT2D eigenvalue weighted by atomic mass is 19.1. The zero-order valence-corrected chi connectivity index (χ0v) is 17.1. The van der Waals surface area contributed by atoms with Crippen LogP contribution in [0.25, 0.3) is 5.76 Å². The van der Waals surface area contributed by atoms with Crippen LogP contribution in [0.5, 0.6) is 5.75 Å². The summed E-state index contributed by atoms with van der Waals surface area (Å²) in [7, 11) is 5.17. The molecular formula is C22H24FN3O4. The molecule has 2 aromatic rings. The monoisotopic (exact) mass is 413 g/mol. The van der Waals surface area contributed by atoms with Crippen LogP contribution in [0.1, 0.15) is 23.7 Å². The van der Waals surface area contributed by atoms with Crippen LogP contribution in [-0.2, 0) is 9.59 Å². The SMILES string of the molecule is COc1ccc(/C(O)=C2\C(=O)C(=O)N(CCCN(C)C)C2c2ccccn2)cc1F. The fraction of sp³-hybridized carbons (Fsp3) is 0.318. The van der Waals surface area contributed by atoms with Crippen molar-refractivity contribution in [3.63, 3.8) is 0 Å². The van der Waals surface area contributed by atoms with E-state index in [0.717, 1.165) is 12.6 Å². The standard InChI is InChI=1S/C22H24FN3O4/c1-25(2)11-6-12-26-19(16-7-4-5-10-24-16)18(21(28)22(26)29)20(27)14-8-9-17(30-3)15(23)13-14/h4-5,7-10,13,19,27H,6,11-12H2,1-3H3/b20-18+. The number of ketones is 1. The molecule has 2 heterocycles. The van der Waals surface area contributed by atoms with Gasteiger partial charge in [0.2, 0.25) is 0 Å². The number of pyridine rings is 1. The van der Waals surface area contributed by atoms with Crippen molar-refractivity contribution in [2.24, 2.45) is 0 Å². The highest BCUT2D eigenvalue weighted by Gasteiger charge is 2.46. The van der Waals surface area contributed by atoms with Crippen molar-refractivity contribution >= 4 is 17.4 Å². The van der Waals surface area contributed by atoms with Crippen molar-refractivity contribution in [3.8, 4) is 5.75 Å². The summed E-state index contributed by atoms with van der Waals surface area (Å²) in [5.74, 6) is -2.64. The molecule has 1 fully saturated rings. The predicted octanol–water partition coefficient (Wildman–Crippen LogP) is 2.60. The van der Waals surface area contributed by atoms with E-state index in [0.29, 0.717) is 18.7 Å². The Morgan fingerprint density at radius 2 is 2.03 bits per heavy atom. The number of likely N-dealkylation sites (tertiary alicyclic amines) is 1. The fourth-order valence-corrected chi connectivity index (χ4v) is 3.48. The van der Waals surface area contributed by atoms with Gasteiger partial charge in [0.1, 0.15) is 11.8 Å². The number of aromatic nitrogens is 1. The Morgan fingerprint density at radius 3 is 2.63 bits per heavy atom. The second-order valence-electron chi connectivity index (χ2n) is 7.25. The van der Waals surface area contributed by atoms with Crippen LogP contribution in [0.15, 0.2) is 48.2 Å². The van der Waals surface area contributed by atoms with Crippen LogP contribution in [-0.4, -0.2) is 65.9 Å². The number of carbonyl (C=O) groups is 2. The number of Topliss-reactive ketones (excluding diaryl/α,β-unsaturated/α-hetero) is 1. The molecule has 7 nitrogen and oxygen atoms in total. The van der Waals surface area contributed by atoms with Gasteiger partial charge >= 0.3 is 0 Å². The van der Waals surface area contributed by atoms with Gasteiger partial charge in [-0.1, -0.05) is 6.07 Å². The molecule has 1 unspecified atom stereocenters. The van der Waals surface area contributed by atoms with E-state index in [9.17, 15) is 19.1 Å². The number of benzene rings is 1. The van der Waals surface area contributed by atoms with E-state index in [1.54, 1.807) is 24.4 Å². The zero-order valence-electron chi connectivity index (χ0n) is 17.1. The van der Waals surface area contributed by atoms with E-state index in [2.05, 4.69) is 4.98 Å². The maximum atomic E-state index is 14.2. The molecule has 3 rings (SSSR count). The molecule has 1 aliphatic rings. The molecule has 0 aliphatic carbocycles. The summed E-state index contributed by atoms with van der Waals surface area (Å²) in [6, 6.07) is 8.18. The van der Waals surface area contributed by atoms with Gasteiger partial charge in [0.25, 0.3) is 11.7 Å². The molecule has 1 aromatic heterocycles. The number of aliphatic hydroxyl groups excluding tert-OH is 1. The molecule has 0 spiro atoms. The summed E-state index contributed by atoms with van der Waals surface area (Å²) in [4.78, 5) is 33.3. The van der Waals surface area contributed by atoms with Crippen molar-refractivity contribution in [2.75, 3.05) is 34.3 Å². The molecule has 0 radical (unpaired) electrons. The molecule has 0 saturated carbocycles. The van der Waals surface area contributed by atoms with E-state index < -0.39 is 29.3 Å². The Bertz CT molecular complexity index is 976. The van der Waals surface area contributed by atoms with Gasteiger partial charge < -0.3 is 19.6 Å². The fourth-order valence-electron chi connectivity index (χ4n) is 3.48. The van der Waals surface area contributed by atoms with E-state index in [4.69, 9.17) is 4.74 Å². The Morgan fingerprint density at radius 1 is 1.27 bits per heavy atom. The van der Waals surface area contributed by atoms with Gasteiger partial charge in [-0.2, -0.15) is 0 Å². The van der Waals surface area contributed by atoms with E-state index >= 15 is 0 Å². The van der Waals surface area contributed by atoms with Gasteiger partial charge in [-0.15, -0.1) is 0 Å². The van der Waals surface area contributed by atoms with Crippen molar-refractivity contribution in [2.45, 2.75) is 12.5 Å². The van der Waals surface area contributed by atoms with Gasteiger partial charge in [0.15, 0.2) is 11.6 Å². The molecule has 1 aromatic carbocycles. The maximum absolute atomic E-state index is 14.2. The van der Waals surface area contributed by atoms with Gasteiger partial charge in [0, 0.05) is 18.3 Å². The number of aliphatic hydroxyl groups is 1. The zero-order chi connectivity index (χ0) is 21.8. The number of hydrogen-bond donors (Lipinski definition) is 1. The lowest BCUT2D eigenvalue weighted by Gasteiger charge is -2.25. The molecule has 1 saturated heterocycles. The Kier molecular flexibility index (Phi) is 6.47. The molecule has 30 heavy (non-hydrogen) atoms. The molecule has 1 N–H and O–H groups in total. The average molecular weight is 413 g/mol. The minimum Gasteiger partial charge on any atom is -0.507 e. The molecule has 8 heteroatoms. The molecule has 158 valence electrons. The lowest BCUT2D eigenvalue weighted by atomic mass is 9.98. The first-order chi connectivity index (χ1) is 14.3. The van der Waals surface area contributed by atoms with Crippen molar-refractivity contribution < 1.29 is 23.8 Å². The van der Waals surface area contributed by atoms with E-state index in [1.807, 2.05) is 19.0 Å². The van der Waals surface area contributed by atoms with Crippen LogP contribution in [0.2, 0.25) is 0 Å². The third-order valence-electron chi connectivity index (χ3n) is 4.94.